The Morgan fingerprint density at radius 3 is 1.04 bits per heavy atom. The summed E-state index contributed by atoms with van der Waals surface area (Å²) < 4.78 is 138. The van der Waals surface area contributed by atoms with Crippen LogP contribution in [0.15, 0.2) is 169 Å². The highest BCUT2D eigenvalue weighted by molar-refractivity contribution is 9.24. The summed E-state index contributed by atoms with van der Waals surface area (Å²) in [5, 5.41) is 48.9. The molecule has 592 valence electrons. The Balaban J connectivity index is 0.000000211. The number of ether oxygens (including phenoxy) is 2. The fourth-order valence-corrected chi connectivity index (χ4v) is 13.6. The van der Waals surface area contributed by atoms with Gasteiger partial charge in [-0.25, -0.2) is 26.7 Å². The molecule has 0 unspecified atom stereocenters. The Morgan fingerprint density at radius 2 is 0.708 bits per heavy atom. The van der Waals surface area contributed by atoms with Gasteiger partial charge in [0.2, 0.25) is 0 Å². The minimum Gasteiger partial charge on any atom is -0.505 e. The standard InChI is InChI=1S/C14H9Cl2FO3.C14H9Cl2FO2.C13H7Br2Cl2FO.C13H8Cl2FNO2.C13H7Cl2FO2.C8H3Cl2F3O4S/c1-20-14(19)9-4-3-8(12(15)13(9)16)7-2-5-11(18)10(17)6-7;1-19-12-5-3-8(6-11(12)17)10-4-2-9(7-18)13(15)14(10)16;14-13(15)8-3-2-7(11(16)12(8)17)6-1-4-10(19)9(18)5-6;14-12-8(6-17-19)1-3-9(13(12)15)7-2-4-11(18)10(16)5-7;14-12-8(6-17)1-3-9(13(12)15)7-2-4-11(18)10(16)5-7;9-6-4(3-14)1-2-5(7(6)10)17-18(15,16)8(11,12)13/h2-6,18H,1H3;2-7H,1H3;1-5,13,19H;1-6,18-19H;1-6,18H;1-3H/b;;;17-6+;;. The van der Waals surface area contributed by atoms with Crippen molar-refractivity contribution in [3.05, 3.63) is 287 Å². The van der Waals surface area contributed by atoms with Gasteiger partial charge in [0, 0.05) is 50.1 Å². The summed E-state index contributed by atoms with van der Waals surface area (Å²) in [4.78, 5) is 43.4. The van der Waals surface area contributed by atoms with Gasteiger partial charge in [-0.05, 0) is 124 Å². The fraction of sp³-hybridized carbons (Fsp3) is 0.0533. The molecule has 0 spiro atoms. The van der Waals surface area contributed by atoms with Crippen molar-refractivity contribution in [3.8, 4) is 90.1 Å². The average Bonchev–Trinajstić information content (AvgIpc) is 0.838. The number of alkyl halides is 5. The van der Waals surface area contributed by atoms with Crippen molar-refractivity contribution >= 4 is 212 Å². The van der Waals surface area contributed by atoms with Crippen LogP contribution in [0.3, 0.4) is 0 Å². The van der Waals surface area contributed by atoms with Gasteiger partial charge in [0.25, 0.3) is 0 Å². The van der Waals surface area contributed by atoms with E-state index in [2.05, 4.69) is 45.9 Å². The van der Waals surface area contributed by atoms with Crippen molar-refractivity contribution in [2.24, 2.45) is 5.16 Å². The molecule has 0 aliphatic carbocycles. The van der Waals surface area contributed by atoms with Crippen LogP contribution >= 0.6 is 171 Å². The molecule has 0 saturated heterocycles. The Bertz CT molecular complexity index is 5590. The predicted molar refractivity (Wildman–Crippen MR) is 432 cm³/mol. The molecule has 0 amide bonds. The Labute approximate surface area is 713 Å². The summed E-state index contributed by atoms with van der Waals surface area (Å²) in [6, 6.07) is 37.9. The highest BCUT2D eigenvalue weighted by Gasteiger charge is 2.49. The van der Waals surface area contributed by atoms with Gasteiger partial charge in [0.1, 0.15) is 5.02 Å². The Kier molecular flexibility index (Phi) is 34.9. The largest absolute Gasteiger partial charge is 0.534 e. The molecule has 38 heteroatoms. The van der Waals surface area contributed by atoms with Crippen LogP contribution in [0.5, 0.6) is 34.5 Å². The van der Waals surface area contributed by atoms with Crippen molar-refractivity contribution in [2.45, 2.75) is 9.24 Å². The van der Waals surface area contributed by atoms with Gasteiger partial charge < -0.3 is 39.3 Å². The number of hydrogen-bond donors (Lipinski definition) is 5. The molecule has 0 heterocycles. The molecule has 0 fully saturated rings. The second kappa shape index (κ2) is 42.0. The molecule has 5 N–H and O–H groups in total. The van der Waals surface area contributed by atoms with E-state index in [1.165, 1.54) is 93.1 Å². The minimum absolute atomic E-state index is 0.0319. The molecule has 11 rings (SSSR count). The van der Waals surface area contributed by atoms with Crippen LogP contribution in [-0.4, -0.2) is 84.8 Å². The molecular formula is C75H43Br2Cl12F8NO14S. The maximum atomic E-state index is 13.7. The van der Waals surface area contributed by atoms with E-state index in [-0.39, 0.29) is 66.4 Å². The van der Waals surface area contributed by atoms with E-state index in [4.69, 9.17) is 164 Å². The zero-order valence-corrected chi connectivity index (χ0v) is 69.1. The van der Waals surface area contributed by atoms with Crippen molar-refractivity contribution in [1.82, 2.24) is 0 Å². The molecule has 0 radical (unpaired) electrons. The molecule has 0 aliphatic rings. The number of phenolic OH excluding ortho intramolecular Hbond substituents is 4. The van der Waals surface area contributed by atoms with E-state index in [1.54, 1.807) is 54.6 Å². The summed E-state index contributed by atoms with van der Waals surface area (Å²) in [5.74, 6) is -6.47. The summed E-state index contributed by atoms with van der Waals surface area (Å²) in [6.45, 7) is 0. The number of rotatable bonds is 14. The Morgan fingerprint density at radius 1 is 0.407 bits per heavy atom. The second-order valence-electron chi connectivity index (χ2n) is 21.8. The lowest BCUT2D eigenvalue weighted by molar-refractivity contribution is -0.0500. The van der Waals surface area contributed by atoms with Gasteiger partial charge in [0.15, 0.2) is 82.4 Å². The lowest BCUT2D eigenvalue weighted by Gasteiger charge is -2.12. The molecule has 113 heavy (non-hydrogen) atoms. The van der Waals surface area contributed by atoms with Gasteiger partial charge in [0.05, 0.1) is 85.0 Å². The molecule has 0 saturated carbocycles. The number of oxime groups is 1. The second-order valence-corrected chi connectivity index (χ2v) is 30.9. The molecule has 0 aliphatic heterocycles. The van der Waals surface area contributed by atoms with Crippen LogP contribution in [0.25, 0.3) is 55.6 Å². The predicted octanol–water partition coefficient (Wildman–Crippen LogP) is 26.9. The summed E-state index contributed by atoms with van der Waals surface area (Å²) in [6.07, 6.45) is 2.66. The van der Waals surface area contributed by atoms with E-state index in [9.17, 15) is 67.8 Å². The number of aromatic hydroxyl groups is 4. The normalized spacial score (nSPS) is 10.9. The highest BCUT2D eigenvalue weighted by Crippen LogP contribution is 2.45. The number of benzene rings is 11. The van der Waals surface area contributed by atoms with E-state index in [1.807, 2.05) is 0 Å². The monoisotopic (exact) mass is 1940 g/mol. The van der Waals surface area contributed by atoms with Crippen LogP contribution in [0.1, 0.15) is 56.3 Å². The van der Waals surface area contributed by atoms with Crippen LogP contribution in [0.2, 0.25) is 60.3 Å². The molecule has 11 aromatic rings. The smallest absolute Gasteiger partial charge is 0.505 e. The lowest BCUT2D eigenvalue weighted by atomic mass is 10.0. The first-order valence-corrected chi connectivity index (χ1v) is 38.0. The van der Waals surface area contributed by atoms with Crippen molar-refractivity contribution in [1.29, 1.82) is 0 Å². The van der Waals surface area contributed by atoms with Gasteiger partial charge in [-0.2, -0.15) is 21.6 Å². The fourth-order valence-electron chi connectivity index (χ4n) is 9.10. The van der Waals surface area contributed by atoms with E-state index in [0.29, 0.717) is 95.7 Å². The molecule has 0 atom stereocenters. The topological polar surface area (TPSA) is 244 Å². The number of nitrogens with zero attached hydrogens (tertiary/aromatic N) is 1. The maximum Gasteiger partial charge on any atom is 0.534 e. The number of aldehydes is 3. The van der Waals surface area contributed by atoms with Gasteiger partial charge in [-0.15, -0.1) is 0 Å². The zero-order chi connectivity index (χ0) is 84.4. The highest BCUT2D eigenvalue weighted by atomic mass is 79.9. The lowest BCUT2D eigenvalue weighted by Crippen LogP contribution is -2.28. The summed E-state index contributed by atoms with van der Waals surface area (Å²) in [5.41, 5.74) is 1.32. The van der Waals surface area contributed by atoms with Crippen LogP contribution in [-0.2, 0) is 14.9 Å². The van der Waals surface area contributed by atoms with E-state index < -0.39 is 89.5 Å². The van der Waals surface area contributed by atoms with Crippen molar-refractivity contribution < 1.29 is 102 Å². The number of esters is 1. The van der Waals surface area contributed by atoms with Crippen LogP contribution < -0.4 is 8.92 Å². The third-order valence-corrected chi connectivity index (χ3v) is 22.1. The number of carbonyl (C=O) groups is 4. The molecule has 15 nitrogen and oxygen atoms in total. The van der Waals surface area contributed by atoms with Gasteiger partial charge in [-0.3, -0.25) is 14.4 Å². The molecule has 11 aromatic carbocycles. The molecular weight excluding hydrogens is 1910 g/mol. The summed E-state index contributed by atoms with van der Waals surface area (Å²) in [7, 11) is -3.22. The van der Waals surface area contributed by atoms with Crippen LogP contribution in [0, 0.1) is 29.1 Å². The average molecular weight is 1950 g/mol. The summed E-state index contributed by atoms with van der Waals surface area (Å²) >= 11 is 78.3. The molecule has 0 bridgehead atoms. The van der Waals surface area contributed by atoms with E-state index in [0.717, 1.165) is 42.1 Å². The van der Waals surface area contributed by atoms with E-state index >= 15 is 0 Å². The van der Waals surface area contributed by atoms with Crippen LogP contribution in [0.4, 0.5) is 35.1 Å². The number of halogens is 22. The first-order chi connectivity index (χ1) is 53.1. The zero-order valence-electron chi connectivity index (χ0n) is 56.1. The number of carbonyl (C=O) groups excluding carboxylic acids is 4. The van der Waals surface area contributed by atoms with Crippen molar-refractivity contribution in [2.75, 3.05) is 14.2 Å². The maximum absolute atomic E-state index is 13.7. The third-order valence-electron chi connectivity index (χ3n) is 14.8. The first kappa shape index (κ1) is 93.9. The SMILES string of the molecule is COC(=O)c1ccc(-c2ccc(O)c(F)c2)c(Cl)c1Cl.COc1ccc(-c2ccc(C=O)c(Cl)c2Cl)cc1F.O/N=C/c1ccc(-c2ccc(O)c(F)c2)c(Cl)c1Cl.O=Cc1ccc(-c2ccc(O)c(F)c2)c(Cl)c1Cl.O=Cc1ccc(OS(=O)(=O)C(F)(F)F)c(Cl)c1Cl.Oc1ccc(-c2ccc(C(Br)Br)c(Cl)c2Cl)cc1F. The number of phenols is 4. The molecule has 0 aromatic heterocycles. The number of hydrogen-bond acceptors (Lipinski definition) is 15. The Hall–Kier alpha value is -8.00. The van der Waals surface area contributed by atoms with Gasteiger partial charge in [-0.1, -0.05) is 249 Å². The third kappa shape index (κ3) is 23.6. The first-order valence-electron chi connectivity index (χ1n) is 30.2. The van der Waals surface area contributed by atoms with Crippen molar-refractivity contribution in [3.63, 3.8) is 0 Å². The number of methoxy groups -OCH3 is 2. The quantitative estimate of drug-likeness (QED) is 0.00783. The van der Waals surface area contributed by atoms with Gasteiger partial charge >= 0.3 is 21.6 Å². The minimum atomic E-state index is -5.84.